The van der Waals surface area contributed by atoms with Gasteiger partial charge in [0.1, 0.15) is 5.82 Å². The van der Waals surface area contributed by atoms with Gasteiger partial charge in [0.2, 0.25) is 17.8 Å². The number of fused-ring (bicyclic) bond motifs is 1. The third-order valence-corrected chi connectivity index (χ3v) is 4.86. The number of aromatic amines is 1. The summed E-state index contributed by atoms with van der Waals surface area (Å²) in [5, 5.41) is 8.22. The van der Waals surface area contributed by atoms with Gasteiger partial charge in [-0.2, -0.15) is 4.98 Å². The van der Waals surface area contributed by atoms with Gasteiger partial charge in [-0.05, 0) is 43.3 Å². The Balaban J connectivity index is 1.60. The molecule has 0 unspecified atom stereocenters. The predicted octanol–water partition coefficient (Wildman–Crippen LogP) is 2.78. The first-order valence-corrected chi connectivity index (χ1v) is 9.58. The second-order valence-corrected chi connectivity index (χ2v) is 7.10. The van der Waals surface area contributed by atoms with Gasteiger partial charge in [-0.25, -0.2) is 0 Å². The third kappa shape index (κ3) is 4.35. The van der Waals surface area contributed by atoms with Gasteiger partial charge in [-0.1, -0.05) is 18.2 Å². The summed E-state index contributed by atoms with van der Waals surface area (Å²) in [5.41, 5.74) is 1.25. The summed E-state index contributed by atoms with van der Waals surface area (Å²) < 4.78 is 0. The van der Waals surface area contributed by atoms with Crippen LogP contribution in [0.4, 0.5) is 23.1 Å². The lowest BCUT2D eigenvalue weighted by atomic mass is 9.92. The largest absolute Gasteiger partial charge is 0.326 e. The molecule has 0 spiro atoms. The number of amides is 2. The van der Waals surface area contributed by atoms with E-state index in [1.807, 2.05) is 18.2 Å². The van der Waals surface area contributed by atoms with Crippen molar-refractivity contribution in [2.75, 3.05) is 16.0 Å². The maximum atomic E-state index is 12.9. The predicted molar refractivity (Wildman–Crippen MR) is 116 cm³/mol. The Morgan fingerprint density at radius 1 is 1.00 bits per heavy atom. The van der Waals surface area contributed by atoms with Gasteiger partial charge in [-0.15, -0.1) is 0 Å². The van der Waals surface area contributed by atoms with Gasteiger partial charge in [0.25, 0.3) is 5.56 Å². The van der Waals surface area contributed by atoms with E-state index in [-0.39, 0.29) is 29.5 Å². The van der Waals surface area contributed by atoms with Crippen LogP contribution in [0.2, 0.25) is 0 Å². The van der Waals surface area contributed by atoms with Crippen molar-refractivity contribution in [1.82, 2.24) is 9.97 Å². The number of rotatable bonds is 5. The van der Waals surface area contributed by atoms with Crippen LogP contribution >= 0.6 is 0 Å². The van der Waals surface area contributed by atoms with Crippen LogP contribution in [0.15, 0.2) is 59.4 Å². The first-order chi connectivity index (χ1) is 14.9. The number of hydrogen-bond donors (Lipinski definition) is 4. The Labute approximate surface area is 176 Å². The van der Waals surface area contributed by atoms with Crippen molar-refractivity contribution in [2.24, 2.45) is 0 Å². The summed E-state index contributed by atoms with van der Waals surface area (Å²) in [6.07, 6.45) is -0.180. The number of ketones is 1. The Morgan fingerprint density at radius 2 is 1.71 bits per heavy atom. The minimum Gasteiger partial charge on any atom is -0.326 e. The molecule has 1 atom stereocenters. The quantitative estimate of drug-likeness (QED) is 0.472. The van der Waals surface area contributed by atoms with Crippen LogP contribution in [0, 0.1) is 0 Å². The number of para-hydroxylation sites is 1. The number of nitrogens with zero attached hydrogens (tertiary/aromatic N) is 1. The van der Waals surface area contributed by atoms with Gasteiger partial charge < -0.3 is 16.0 Å². The highest BCUT2D eigenvalue weighted by atomic mass is 16.2. The molecule has 0 saturated heterocycles. The van der Waals surface area contributed by atoms with Crippen LogP contribution in [-0.2, 0) is 9.59 Å². The zero-order chi connectivity index (χ0) is 22.0. The van der Waals surface area contributed by atoms with Crippen molar-refractivity contribution in [3.63, 3.8) is 0 Å². The van der Waals surface area contributed by atoms with Crippen molar-refractivity contribution < 1.29 is 14.4 Å². The lowest BCUT2D eigenvalue weighted by Crippen LogP contribution is -2.36. The fraction of sp³-hybridized carbons (Fsp3) is 0.136. The van der Waals surface area contributed by atoms with Crippen LogP contribution in [0.5, 0.6) is 0 Å². The number of H-pyrrole nitrogens is 1. The van der Waals surface area contributed by atoms with E-state index in [0.717, 1.165) is 0 Å². The fourth-order valence-electron chi connectivity index (χ4n) is 3.33. The van der Waals surface area contributed by atoms with E-state index in [2.05, 4.69) is 25.9 Å². The second-order valence-electron chi connectivity index (χ2n) is 7.10. The zero-order valence-corrected chi connectivity index (χ0v) is 16.6. The molecule has 1 aliphatic rings. The first kappa shape index (κ1) is 20.0. The topological polar surface area (TPSA) is 133 Å². The number of nitrogens with one attached hydrogen (secondary N) is 4. The minimum atomic E-state index is -1.00. The van der Waals surface area contributed by atoms with Crippen LogP contribution in [0.3, 0.4) is 0 Å². The van der Waals surface area contributed by atoms with Crippen LogP contribution in [-0.4, -0.2) is 27.6 Å². The molecule has 4 rings (SSSR count). The Bertz CT molecular complexity index is 1220. The molecule has 9 nitrogen and oxygen atoms in total. The molecular weight excluding hydrogens is 398 g/mol. The summed E-state index contributed by atoms with van der Waals surface area (Å²) in [6.45, 7) is 1.45. The monoisotopic (exact) mass is 417 g/mol. The van der Waals surface area contributed by atoms with Gasteiger partial charge in [-0.3, -0.25) is 24.2 Å². The van der Waals surface area contributed by atoms with Crippen molar-refractivity contribution in [3.8, 4) is 0 Å². The molecule has 1 aromatic heterocycles. The fourth-order valence-corrected chi connectivity index (χ4v) is 3.33. The van der Waals surface area contributed by atoms with E-state index in [1.54, 1.807) is 36.4 Å². The number of aromatic nitrogens is 2. The first-order valence-electron chi connectivity index (χ1n) is 9.58. The third-order valence-electron chi connectivity index (χ3n) is 4.86. The molecule has 4 N–H and O–H groups in total. The average molecular weight is 417 g/mol. The lowest BCUT2D eigenvalue weighted by molar-refractivity contribution is -0.123. The molecule has 0 fully saturated rings. The number of hydrogen-bond acceptors (Lipinski definition) is 6. The number of carbonyl (C=O) groups excluding carboxylic acids is 3. The Kier molecular flexibility index (Phi) is 5.31. The Hall–Kier alpha value is -4.27. The molecule has 0 bridgehead atoms. The molecule has 31 heavy (non-hydrogen) atoms. The average Bonchev–Trinajstić information content (AvgIpc) is 2.74. The number of Topliss-reactive ketones (excluding diaryl/α,β-unsaturated/α-hetero) is 1. The van der Waals surface area contributed by atoms with Gasteiger partial charge >= 0.3 is 0 Å². The van der Waals surface area contributed by atoms with Crippen LogP contribution < -0.4 is 21.5 Å². The number of anilines is 4. The van der Waals surface area contributed by atoms with Crippen molar-refractivity contribution >= 4 is 40.7 Å². The van der Waals surface area contributed by atoms with E-state index in [4.69, 9.17) is 0 Å². The molecule has 9 heteroatoms. The van der Waals surface area contributed by atoms with E-state index >= 15 is 0 Å². The van der Waals surface area contributed by atoms with Gasteiger partial charge in [0.15, 0.2) is 5.78 Å². The Morgan fingerprint density at radius 3 is 2.39 bits per heavy atom. The second kappa shape index (κ2) is 8.23. The van der Waals surface area contributed by atoms with Gasteiger partial charge in [0, 0.05) is 23.4 Å². The molecular formula is C22H19N5O4. The summed E-state index contributed by atoms with van der Waals surface area (Å²) in [7, 11) is 0. The summed E-state index contributed by atoms with van der Waals surface area (Å²) in [5.74, 6) is -1.82. The zero-order valence-electron chi connectivity index (χ0n) is 16.6. The summed E-state index contributed by atoms with van der Waals surface area (Å²) in [4.78, 5) is 56.1. The molecule has 0 saturated carbocycles. The number of carbonyl (C=O) groups is 3. The van der Waals surface area contributed by atoms with E-state index in [0.29, 0.717) is 16.9 Å². The molecule has 2 heterocycles. The molecule has 0 radical (unpaired) electrons. The smallest absolute Gasteiger partial charge is 0.258 e. The maximum absolute atomic E-state index is 12.9. The van der Waals surface area contributed by atoms with E-state index in [1.165, 1.54) is 6.92 Å². The molecule has 1 aliphatic heterocycles. The van der Waals surface area contributed by atoms with Crippen LogP contribution in [0.1, 0.15) is 35.2 Å². The number of benzene rings is 2. The van der Waals surface area contributed by atoms with Crippen molar-refractivity contribution in [2.45, 2.75) is 19.3 Å². The SMILES string of the molecule is CC(=O)c1ccc(NC(=O)[C@H]2CC(=O)Nc3nc(Nc4ccccc4)[nH]c(=O)c32)cc1. The normalized spacial score (nSPS) is 14.9. The standard InChI is InChI=1S/C22H19N5O4/c1-12(28)13-7-9-15(10-8-13)23-20(30)16-11-17(29)25-19-18(16)21(31)27-22(26-19)24-14-5-3-2-4-6-14/h2-10,16H,11H2,1H3,(H,23,30)(H3,24,25,26,27,29,31)/t16-/m0/s1. The van der Waals surface area contributed by atoms with Crippen LogP contribution in [0.25, 0.3) is 0 Å². The van der Waals surface area contributed by atoms with E-state index < -0.39 is 23.3 Å². The van der Waals surface area contributed by atoms with E-state index in [9.17, 15) is 19.2 Å². The highest BCUT2D eigenvalue weighted by molar-refractivity contribution is 6.04. The highest BCUT2D eigenvalue weighted by Crippen LogP contribution is 2.30. The van der Waals surface area contributed by atoms with Crippen molar-refractivity contribution in [1.29, 1.82) is 0 Å². The summed E-state index contributed by atoms with van der Waals surface area (Å²) in [6, 6.07) is 15.5. The van der Waals surface area contributed by atoms with Crippen molar-refractivity contribution in [3.05, 3.63) is 76.1 Å². The molecule has 3 aromatic rings. The molecule has 2 amide bonds. The van der Waals surface area contributed by atoms with Gasteiger partial charge in [0.05, 0.1) is 11.5 Å². The maximum Gasteiger partial charge on any atom is 0.258 e. The molecule has 0 aliphatic carbocycles. The molecule has 2 aromatic carbocycles. The highest BCUT2D eigenvalue weighted by Gasteiger charge is 2.34. The summed E-state index contributed by atoms with van der Waals surface area (Å²) >= 11 is 0. The minimum absolute atomic E-state index is 0.0468. The molecule has 156 valence electrons. The lowest BCUT2D eigenvalue weighted by Gasteiger charge is -2.23.